The standard InChI is InChI=1S/C12H11IO5/c1-2-8(13)12(15)16-6-11(14)18-10-5-7-3-4-9(10)17-7/h3-5,8H,2,6H2,1H3. The minimum atomic E-state index is -0.619. The lowest BCUT2D eigenvalue weighted by molar-refractivity contribution is -0.152. The predicted octanol–water partition coefficient (Wildman–Crippen LogP) is 2.53. The number of rotatable bonds is 5. The maximum Gasteiger partial charge on any atom is 0.349 e. The predicted molar refractivity (Wildman–Crippen MR) is 72.1 cm³/mol. The highest BCUT2D eigenvalue weighted by molar-refractivity contribution is 14.1. The van der Waals surface area contributed by atoms with Gasteiger partial charge in [-0.3, -0.25) is 4.79 Å². The Balaban J connectivity index is 1.82. The van der Waals surface area contributed by atoms with Crippen molar-refractivity contribution in [2.24, 2.45) is 0 Å². The van der Waals surface area contributed by atoms with E-state index >= 15 is 0 Å². The molecule has 2 bridgehead atoms. The minimum Gasteiger partial charge on any atom is -0.453 e. The number of benzene rings is 1. The van der Waals surface area contributed by atoms with Gasteiger partial charge in [0.25, 0.3) is 0 Å². The van der Waals surface area contributed by atoms with Crippen molar-refractivity contribution in [2.75, 3.05) is 6.61 Å². The molecule has 1 atom stereocenters. The van der Waals surface area contributed by atoms with Crippen molar-refractivity contribution in [1.82, 2.24) is 0 Å². The van der Waals surface area contributed by atoms with Gasteiger partial charge in [-0.2, -0.15) is 0 Å². The van der Waals surface area contributed by atoms with E-state index < -0.39 is 11.9 Å². The minimum absolute atomic E-state index is 0.242. The molecule has 0 amide bonds. The molecule has 2 rings (SSSR count). The molecule has 96 valence electrons. The second kappa shape index (κ2) is 5.55. The lowest BCUT2D eigenvalue weighted by Crippen LogP contribution is -2.23. The normalized spacial score (nSPS) is 12.6. The van der Waals surface area contributed by atoms with Gasteiger partial charge in [0.2, 0.25) is 0 Å². The summed E-state index contributed by atoms with van der Waals surface area (Å²) < 4.78 is 14.8. The Morgan fingerprint density at radius 3 is 2.78 bits per heavy atom. The van der Waals surface area contributed by atoms with Crippen LogP contribution in [0.25, 0.3) is 11.2 Å². The lowest BCUT2D eigenvalue weighted by atomic mass is 10.3. The highest BCUT2D eigenvalue weighted by Gasteiger charge is 2.17. The molecule has 2 heterocycles. The first-order valence-corrected chi connectivity index (χ1v) is 6.68. The number of alkyl halides is 1. The Kier molecular flexibility index (Phi) is 4.05. The zero-order chi connectivity index (χ0) is 13.1. The monoisotopic (exact) mass is 362 g/mol. The molecule has 0 radical (unpaired) electrons. The van der Waals surface area contributed by atoms with Crippen LogP contribution >= 0.6 is 22.6 Å². The van der Waals surface area contributed by atoms with Gasteiger partial charge in [0.15, 0.2) is 17.9 Å². The Hall–Kier alpha value is -1.31. The third-order valence-corrected chi connectivity index (χ3v) is 3.70. The quantitative estimate of drug-likeness (QED) is 0.354. The third-order valence-electron chi connectivity index (χ3n) is 2.31. The molecule has 0 saturated heterocycles. The Bertz CT molecular complexity index is 547. The van der Waals surface area contributed by atoms with Crippen LogP contribution in [-0.4, -0.2) is 22.5 Å². The fraction of sp³-hybridized carbons (Fsp3) is 0.333. The molecular formula is C12H11IO5. The van der Waals surface area contributed by atoms with Crippen LogP contribution in [0.5, 0.6) is 5.75 Å². The summed E-state index contributed by atoms with van der Waals surface area (Å²) in [5, 5.41) is 0. The van der Waals surface area contributed by atoms with E-state index in [0.717, 1.165) is 0 Å². The van der Waals surface area contributed by atoms with Crippen LogP contribution in [0.15, 0.2) is 22.6 Å². The smallest absolute Gasteiger partial charge is 0.349 e. The van der Waals surface area contributed by atoms with E-state index in [0.29, 0.717) is 23.3 Å². The van der Waals surface area contributed by atoms with Crippen LogP contribution in [0.3, 0.4) is 0 Å². The number of furan rings is 2. The molecule has 0 aromatic carbocycles. The number of esters is 2. The van der Waals surface area contributed by atoms with Gasteiger partial charge in [0.1, 0.15) is 9.51 Å². The Labute approximate surface area is 117 Å². The molecule has 0 saturated carbocycles. The van der Waals surface area contributed by atoms with Crippen LogP contribution in [-0.2, 0) is 14.3 Å². The second-order valence-corrected chi connectivity index (χ2v) is 5.17. The molecule has 0 aliphatic rings. The highest BCUT2D eigenvalue weighted by Crippen LogP contribution is 2.28. The molecular weight excluding hydrogens is 351 g/mol. The molecule has 0 spiro atoms. The summed E-state index contributed by atoms with van der Waals surface area (Å²) in [5.41, 5.74) is 1.15. The summed E-state index contributed by atoms with van der Waals surface area (Å²) in [6, 6.07) is 5.10. The van der Waals surface area contributed by atoms with Crippen molar-refractivity contribution in [3.05, 3.63) is 18.2 Å². The zero-order valence-corrected chi connectivity index (χ0v) is 11.8. The van der Waals surface area contributed by atoms with E-state index in [9.17, 15) is 9.59 Å². The van der Waals surface area contributed by atoms with Crippen molar-refractivity contribution in [2.45, 2.75) is 17.3 Å². The molecule has 0 aliphatic carbocycles. The number of carbonyl (C=O) groups is 2. The average Bonchev–Trinajstić information content (AvgIpc) is 2.97. The fourth-order valence-electron chi connectivity index (χ4n) is 1.38. The van der Waals surface area contributed by atoms with Crippen LogP contribution < -0.4 is 4.74 Å². The number of hydrogen-bond acceptors (Lipinski definition) is 5. The molecule has 0 N–H and O–H groups in total. The van der Waals surface area contributed by atoms with E-state index in [4.69, 9.17) is 13.9 Å². The number of hydrogen-bond donors (Lipinski definition) is 0. The molecule has 0 aliphatic heterocycles. The number of carbonyl (C=O) groups excluding carboxylic acids is 2. The largest absolute Gasteiger partial charge is 0.453 e. The fourth-order valence-corrected chi connectivity index (χ4v) is 1.56. The van der Waals surface area contributed by atoms with E-state index in [1.807, 2.05) is 29.5 Å². The van der Waals surface area contributed by atoms with Crippen molar-refractivity contribution in [3.8, 4) is 5.75 Å². The zero-order valence-electron chi connectivity index (χ0n) is 9.64. The van der Waals surface area contributed by atoms with Crippen molar-refractivity contribution < 1.29 is 23.5 Å². The van der Waals surface area contributed by atoms with Crippen molar-refractivity contribution >= 4 is 45.7 Å². The summed E-state index contributed by atoms with van der Waals surface area (Å²) in [7, 11) is 0. The van der Waals surface area contributed by atoms with E-state index in [-0.39, 0.29) is 10.5 Å². The van der Waals surface area contributed by atoms with Gasteiger partial charge < -0.3 is 13.9 Å². The number of halogens is 1. The molecule has 1 unspecified atom stereocenters. The van der Waals surface area contributed by atoms with Gasteiger partial charge in [0.05, 0.1) is 0 Å². The molecule has 6 heteroatoms. The molecule has 2 aromatic rings. The summed E-state index contributed by atoms with van der Waals surface area (Å²) in [4.78, 5) is 22.8. The van der Waals surface area contributed by atoms with Gasteiger partial charge in [-0.25, -0.2) is 4.79 Å². The van der Waals surface area contributed by atoms with Crippen LogP contribution in [0.1, 0.15) is 13.3 Å². The Morgan fingerprint density at radius 1 is 1.44 bits per heavy atom. The van der Waals surface area contributed by atoms with Gasteiger partial charge in [-0.1, -0.05) is 29.5 Å². The van der Waals surface area contributed by atoms with Gasteiger partial charge >= 0.3 is 11.9 Å². The average molecular weight is 362 g/mol. The number of ether oxygens (including phenoxy) is 2. The van der Waals surface area contributed by atoms with Crippen molar-refractivity contribution in [1.29, 1.82) is 0 Å². The van der Waals surface area contributed by atoms with E-state index in [1.165, 1.54) is 0 Å². The maximum atomic E-state index is 11.4. The first-order valence-electron chi connectivity index (χ1n) is 5.43. The van der Waals surface area contributed by atoms with Crippen LogP contribution in [0, 0.1) is 0 Å². The van der Waals surface area contributed by atoms with E-state index in [1.54, 1.807) is 18.2 Å². The molecule has 18 heavy (non-hydrogen) atoms. The highest BCUT2D eigenvalue weighted by atomic mass is 127. The van der Waals surface area contributed by atoms with Crippen molar-refractivity contribution in [3.63, 3.8) is 0 Å². The topological polar surface area (TPSA) is 65.7 Å². The second-order valence-electron chi connectivity index (χ2n) is 3.67. The molecule has 2 aromatic heterocycles. The summed E-state index contributed by atoms with van der Waals surface area (Å²) >= 11 is 1.97. The van der Waals surface area contributed by atoms with E-state index in [2.05, 4.69) is 0 Å². The van der Waals surface area contributed by atoms with Crippen LogP contribution in [0.2, 0.25) is 0 Å². The van der Waals surface area contributed by atoms with Crippen LogP contribution in [0.4, 0.5) is 0 Å². The molecule has 5 nitrogen and oxygen atoms in total. The van der Waals surface area contributed by atoms with Gasteiger partial charge in [0, 0.05) is 6.07 Å². The molecule has 0 fully saturated rings. The maximum absolute atomic E-state index is 11.4. The summed E-state index contributed by atoms with van der Waals surface area (Å²) in [6.45, 7) is 1.48. The number of fused-ring (bicyclic) bond motifs is 2. The first-order chi connectivity index (χ1) is 8.60. The summed E-state index contributed by atoms with van der Waals surface area (Å²) in [6.07, 6.45) is 0.661. The first kappa shape index (κ1) is 13.1. The van der Waals surface area contributed by atoms with Gasteiger partial charge in [-0.05, 0) is 18.6 Å². The Morgan fingerprint density at radius 2 is 2.22 bits per heavy atom. The summed E-state index contributed by atoms with van der Waals surface area (Å²) in [5.74, 6) is -0.669. The SMILES string of the molecule is CCC(I)C(=O)OCC(=O)Oc1cc2ccc1o2. The third kappa shape index (κ3) is 2.92. The lowest BCUT2D eigenvalue weighted by Gasteiger charge is -2.07. The van der Waals surface area contributed by atoms with Gasteiger partial charge in [-0.15, -0.1) is 0 Å².